The Labute approximate surface area is 154 Å². The molecule has 1 unspecified atom stereocenters. The molecule has 1 aromatic heterocycles. The molecule has 2 aliphatic rings. The molecule has 2 aromatic rings. The van der Waals surface area contributed by atoms with Crippen molar-refractivity contribution in [2.45, 2.75) is 24.1 Å². The lowest BCUT2D eigenvalue weighted by Crippen LogP contribution is -2.31. The Morgan fingerprint density at radius 1 is 1.21 bits per heavy atom. The minimum Gasteiger partial charge on any atom is -0.355 e. The normalized spacial score (nSPS) is 19.7. The van der Waals surface area contributed by atoms with Crippen molar-refractivity contribution < 1.29 is 4.79 Å². The third-order valence-corrected chi connectivity index (χ3v) is 5.39. The fraction of sp³-hybridized carbons (Fsp3) is 0.250. The van der Waals surface area contributed by atoms with Crippen LogP contribution in [-0.4, -0.2) is 15.6 Å². The van der Waals surface area contributed by atoms with E-state index in [1.807, 2.05) is 36.4 Å². The van der Waals surface area contributed by atoms with E-state index in [-0.39, 0.29) is 11.7 Å². The van der Waals surface area contributed by atoms with Gasteiger partial charge in [-0.1, -0.05) is 51.8 Å². The summed E-state index contributed by atoms with van der Waals surface area (Å²) in [6, 6.07) is 7.68. The molecule has 2 nitrogen and oxygen atoms in total. The number of aromatic nitrogens is 1. The van der Waals surface area contributed by atoms with Crippen molar-refractivity contribution in [2.75, 3.05) is 0 Å². The van der Waals surface area contributed by atoms with E-state index in [2.05, 4.69) is 33.1 Å². The maximum atomic E-state index is 12.8. The molecule has 1 atom stereocenters. The number of fused-ring (bicyclic) bond motifs is 1. The number of nitrogens with one attached hydrogen (secondary N) is 1. The van der Waals surface area contributed by atoms with Crippen molar-refractivity contribution in [3.05, 3.63) is 56.7 Å². The summed E-state index contributed by atoms with van der Waals surface area (Å²) in [6.45, 7) is 0. The van der Waals surface area contributed by atoms with E-state index in [1.54, 1.807) is 0 Å². The summed E-state index contributed by atoms with van der Waals surface area (Å²) in [7, 11) is 0. The van der Waals surface area contributed by atoms with E-state index in [0.29, 0.717) is 4.83 Å². The molecule has 1 heterocycles. The van der Waals surface area contributed by atoms with Crippen molar-refractivity contribution in [1.82, 2.24) is 4.98 Å². The largest absolute Gasteiger partial charge is 0.355 e. The molecule has 0 saturated heterocycles. The third kappa shape index (κ3) is 3.15. The van der Waals surface area contributed by atoms with Crippen LogP contribution >= 0.6 is 27.5 Å². The Morgan fingerprint density at radius 3 is 2.67 bits per heavy atom. The number of benzene rings is 1. The summed E-state index contributed by atoms with van der Waals surface area (Å²) in [6.07, 6.45) is 11.3. The number of aromatic amines is 1. The van der Waals surface area contributed by atoms with Gasteiger partial charge in [-0.05, 0) is 49.1 Å². The highest BCUT2D eigenvalue weighted by Gasteiger charge is 2.33. The monoisotopic (exact) mass is 401 g/mol. The van der Waals surface area contributed by atoms with E-state index < -0.39 is 0 Å². The highest BCUT2D eigenvalue weighted by atomic mass is 79.9. The van der Waals surface area contributed by atoms with Gasteiger partial charge in [0.2, 0.25) is 0 Å². The van der Waals surface area contributed by atoms with Gasteiger partial charge in [-0.3, -0.25) is 4.79 Å². The summed E-state index contributed by atoms with van der Waals surface area (Å²) >= 11 is 9.56. The topological polar surface area (TPSA) is 32.9 Å². The third-order valence-electron chi connectivity index (χ3n) is 4.50. The maximum Gasteiger partial charge on any atom is 0.168 e. The molecule has 0 spiro atoms. The predicted molar refractivity (Wildman–Crippen MR) is 104 cm³/mol. The second-order valence-electron chi connectivity index (χ2n) is 6.39. The van der Waals surface area contributed by atoms with Gasteiger partial charge in [-0.2, -0.15) is 0 Å². The van der Waals surface area contributed by atoms with Crippen LogP contribution in [0.3, 0.4) is 0 Å². The summed E-state index contributed by atoms with van der Waals surface area (Å²) in [4.78, 5) is 16.5. The first-order valence-corrected chi connectivity index (χ1v) is 9.47. The average molecular weight is 403 g/mol. The maximum absolute atomic E-state index is 12.8. The van der Waals surface area contributed by atoms with Crippen LogP contribution in [0, 0.1) is 5.92 Å². The zero-order valence-electron chi connectivity index (χ0n) is 13.1. The Bertz CT molecular complexity index is 935. The average Bonchev–Trinajstić information content (AvgIpc) is 3.35. The smallest absolute Gasteiger partial charge is 0.168 e. The highest BCUT2D eigenvalue weighted by Crippen LogP contribution is 2.32. The summed E-state index contributed by atoms with van der Waals surface area (Å²) < 4.78 is 0. The Morgan fingerprint density at radius 2 is 1.96 bits per heavy atom. The highest BCUT2D eigenvalue weighted by molar-refractivity contribution is 9.09. The molecular formula is C20H17BrClNO. The quantitative estimate of drug-likeness (QED) is 0.604. The van der Waals surface area contributed by atoms with Crippen LogP contribution in [0.4, 0.5) is 0 Å². The Hall–Kier alpha value is -1.58. The molecule has 0 bridgehead atoms. The number of ketones is 1. The van der Waals surface area contributed by atoms with Crippen molar-refractivity contribution >= 4 is 57.6 Å². The van der Waals surface area contributed by atoms with Crippen LogP contribution < -0.4 is 10.6 Å². The Balaban J connectivity index is 1.78. The molecule has 1 saturated carbocycles. The molecule has 122 valence electrons. The molecule has 2 aliphatic carbocycles. The van der Waals surface area contributed by atoms with Crippen LogP contribution in [0.1, 0.15) is 40.9 Å². The van der Waals surface area contributed by atoms with E-state index in [4.69, 9.17) is 11.6 Å². The van der Waals surface area contributed by atoms with E-state index in [9.17, 15) is 4.79 Å². The first kappa shape index (κ1) is 15.9. The zero-order chi connectivity index (χ0) is 16.7. The van der Waals surface area contributed by atoms with E-state index in [1.165, 1.54) is 0 Å². The molecule has 24 heavy (non-hydrogen) atoms. The van der Waals surface area contributed by atoms with Crippen molar-refractivity contribution in [1.29, 1.82) is 0 Å². The number of H-pyrrole nitrogens is 1. The van der Waals surface area contributed by atoms with Crippen LogP contribution in [-0.2, 0) is 0 Å². The van der Waals surface area contributed by atoms with Crippen LogP contribution in [0.15, 0.2) is 24.3 Å². The van der Waals surface area contributed by atoms with Crippen LogP contribution in [0.25, 0.3) is 24.3 Å². The molecule has 1 N–H and O–H groups in total. The fourth-order valence-corrected chi connectivity index (χ4v) is 3.65. The van der Waals surface area contributed by atoms with Gasteiger partial charge in [0, 0.05) is 26.3 Å². The molecule has 1 fully saturated rings. The lowest BCUT2D eigenvalue weighted by molar-refractivity contribution is 0.0966. The minimum absolute atomic E-state index is 0.211. The van der Waals surface area contributed by atoms with Gasteiger partial charge in [-0.25, -0.2) is 0 Å². The van der Waals surface area contributed by atoms with Gasteiger partial charge >= 0.3 is 0 Å². The summed E-state index contributed by atoms with van der Waals surface area (Å²) in [5.74, 6) is 0.489. The lowest BCUT2D eigenvalue weighted by Gasteiger charge is -2.04. The molecule has 4 rings (SSSR count). The molecule has 1 aromatic carbocycles. The van der Waals surface area contributed by atoms with Crippen LogP contribution in [0.5, 0.6) is 0 Å². The number of carbonyl (C=O) groups excluding carboxylic acids is 1. The minimum atomic E-state index is 0.211. The molecule has 4 heteroatoms. The van der Waals surface area contributed by atoms with Crippen molar-refractivity contribution in [3.8, 4) is 0 Å². The SMILES string of the molecule is O=C(c1c(/C=C/c2ccc(Cl)cc2)[nH]c2c1=CCC(Br)C=2)C1CC1. The van der Waals surface area contributed by atoms with Gasteiger partial charge < -0.3 is 4.98 Å². The number of hydrogen-bond donors (Lipinski definition) is 1. The second-order valence-corrected chi connectivity index (χ2v) is 8.00. The molecular weight excluding hydrogens is 386 g/mol. The summed E-state index contributed by atoms with van der Waals surface area (Å²) in [5, 5.41) is 2.83. The number of rotatable bonds is 4. The van der Waals surface area contributed by atoms with Gasteiger partial charge in [0.05, 0.1) is 11.3 Å². The first-order chi connectivity index (χ1) is 11.6. The van der Waals surface area contributed by atoms with Gasteiger partial charge in [0.15, 0.2) is 5.78 Å². The Kier molecular flexibility index (Phi) is 4.23. The number of alkyl halides is 1. The number of Topliss-reactive ketones (excluding diaryl/α,β-unsaturated/α-hetero) is 1. The number of hydrogen-bond acceptors (Lipinski definition) is 1. The fourth-order valence-electron chi connectivity index (χ4n) is 3.07. The summed E-state index contributed by atoms with van der Waals surface area (Å²) in [5.41, 5.74) is 2.82. The standard InChI is InChI=1S/C20H17BrClNO/c21-14-6-9-16-18(11-14)23-17(19(16)20(24)13-4-5-13)10-3-12-1-7-15(22)8-2-12/h1-3,7-11,13-14,23H,4-6H2/b10-3+. The molecule has 0 aliphatic heterocycles. The lowest BCUT2D eigenvalue weighted by atomic mass is 10.0. The second kappa shape index (κ2) is 6.38. The van der Waals surface area contributed by atoms with E-state index >= 15 is 0 Å². The molecule has 0 radical (unpaired) electrons. The van der Waals surface area contributed by atoms with Crippen molar-refractivity contribution in [2.24, 2.45) is 5.92 Å². The van der Waals surface area contributed by atoms with E-state index in [0.717, 1.165) is 51.7 Å². The predicted octanol–water partition coefficient (Wildman–Crippen LogP) is 4.16. The van der Waals surface area contributed by atoms with Crippen LogP contribution in [0.2, 0.25) is 5.02 Å². The van der Waals surface area contributed by atoms with Crippen molar-refractivity contribution in [3.63, 3.8) is 0 Å². The molecule has 0 amide bonds. The zero-order valence-corrected chi connectivity index (χ0v) is 15.4. The number of carbonyl (C=O) groups is 1. The van der Waals surface area contributed by atoms with Gasteiger partial charge in [-0.15, -0.1) is 0 Å². The van der Waals surface area contributed by atoms with Gasteiger partial charge in [0.25, 0.3) is 0 Å². The first-order valence-electron chi connectivity index (χ1n) is 8.18. The number of halogens is 2. The van der Waals surface area contributed by atoms with Gasteiger partial charge in [0.1, 0.15) is 0 Å².